The molecule has 3 heterocycles. The number of nitrogens with zero attached hydrogens (tertiary/aromatic N) is 3. The second-order valence-electron chi connectivity index (χ2n) is 7.55. The SMILES string of the molecule is CN1CC(Nc2nc3ccccn3c(=O)c2Br)CC(c2ccc(OCC=O)cc2)C1. The lowest BCUT2D eigenvalue weighted by atomic mass is 9.88. The fraction of sp³-hybridized carbons (Fsp3) is 0.318. The number of carbonyl (C=O) groups is 1. The van der Waals surface area contributed by atoms with Crippen LogP contribution in [-0.2, 0) is 4.79 Å². The number of nitrogens with one attached hydrogen (secondary N) is 1. The third-order valence-corrected chi connectivity index (χ3v) is 6.04. The van der Waals surface area contributed by atoms with Crippen molar-refractivity contribution in [1.82, 2.24) is 14.3 Å². The van der Waals surface area contributed by atoms with Gasteiger partial charge in [-0.15, -0.1) is 0 Å². The highest BCUT2D eigenvalue weighted by Gasteiger charge is 2.27. The van der Waals surface area contributed by atoms with Crippen LogP contribution in [0.4, 0.5) is 5.82 Å². The summed E-state index contributed by atoms with van der Waals surface area (Å²) < 4.78 is 7.31. The van der Waals surface area contributed by atoms with Crippen molar-refractivity contribution < 1.29 is 9.53 Å². The molecule has 0 saturated carbocycles. The topological polar surface area (TPSA) is 75.9 Å². The lowest BCUT2D eigenvalue weighted by Gasteiger charge is -2.36. The van der Waals surface area contributed by atoms with Crippen molar-refractivity contribution in [3.05, 3.63) is 69.1 Å². The lowest BCUT2D eigenvalue weighted by molar-refractivity contribution is -0.109. The molecule has 1 saturated heterocycles. The average molecular weight is 471 g/mol. The Balaban J connectivity index is 1.53. The number of anilines is 1. The number of piperidine rings is 1. The first-order chi connectivity index (χ1) is 14.5. The minimum atomic E-state index is -0.130. The molecule has 0 spiro atoms. The average Bonchev–Trinajstić information content (AvgIpc) is 2.76. The molecule has 4 rings (SSSR count). The molecule has 0 bridgehead atoms. The summed E-state index contributed by atoms with van der Waals surface area (Å²) in [6.07, 6.45) is 3.37. The van der Waals surface area contributed by atoms with Gasteiger partial charge < -0.3 is 15.0 Å². The van der Waals surface area contributed by atoms with Crippen LogP contribution in [0.2, 0.25) is 0 Å². The van der Waals surface area contributed by atoms with Gasteiger partial charge in [0.2, 0.25) is 0 Å². The molecule has 0 aliphatic carbocycles. The van der Waals surface area contributed by atoms with Crippen LogP contribution in [0.5, 0.6) is 5.75 Å². The Morgan fingerprint density at radius 2 is 2.03 bits per heavy atom. The number of rotatable bonds is 6. The van der Waals surface area contributed by atoms with E-state index in [1.807, 2.05) is 30.3 Å². The van der Waals surface area contributed by atoms with Crippen molar-refractivity contribution in [2.24, 2.45) is 0 Å². The number of ether oxygens (including phenoxy) is 1. The predicted octanol–water partition coefficient (Wildman–Crippen LogP) is 2.93. The molecule has 1 aliphatic rings. The van der Waals surface area contributed by atoms with Crippen molar-refractivity contribution in [2.75, 3.05) is 32.1 Å². The Morgan fingerprint density at radius 3 is 2.80 bits per heavy atom. The number of aldehydes is 1. The number of pyridine rings is 1. The summed E-state index contributed by atoms with van der Waals surface area (Å²) in [5.41, 5.74) is 1.70. The maximum atomic E-state index is 12.6. The molecular formula is C22H23BrN4O3. The molecule has 156 valence electrons. The molecule has 2 unspecified atom stereocenters. The first-order valence-electron chi connectivity index (χ1n) is 9.83. The van der Waals surface area contributed by atoms with E-state index < -0.39 is 0 Å². The second-order valence-corrected chi connectivity index (χ2v) is 8.34. The molecule has 1 aromatic carbocycles. The molecule has 30 heavy (non-hydrogen) atoms. The smallest absolute Gasteiger partial charge is 0.274 e. The Bertz CT molecular complexity index is 1100. The summed E-state index contributed by atoms with van der Waals surface area (Å²) in [5.74, 6) is 1.60. The fourth-order valence-corrected chi connectivity index (χ4v) is 4.38. The number of carbonyl (C=O) groups excluding carboxylic acids is 1. The van der Waals surface area contributed by atoms with Crippen molar-refractivity contribution in [1.29, 1.82) is 0 Å². The number of likely N-dealkylation sites (tertiary alicyclic amines) is 1. The van der Waals surface area contributed by atoms with Crippen LogP contribution in [0.25, 0.3) is 5.65 Å². The highest BCUT2D eigenvalue weighted by Crippen LogP contribution is 2.30. The molecule has 0 amide bonds. The lowest BCUT2D eigenvalue weighted by Crippen LogP contribution is -2.43. The minimum absolute atomic E-state index is 0.0606. The van der Waals surface area contributed by atoms with Crippen LogP contribution in [-0.4, -0.2) is 53.4 Å². The number of benzene rings is 1. The molecule has 0 radical (unpaired) electrons. The standard InChI is InChI=1S/C22H23BrN4O3/c1-26-13-16(15-5-7-18(8-6-15)30-11-10-28)12-17(14-26)24-21-20(23)22(29)27-9-3-2-4-19(27)25-21/h2-10,16-17,24H,11-14H2,1H3. The monoisotopic (exact) mass is 470 g/mol. The molecule has 1 aliphatic heterocycles. The van der Waals surface area contributed by atoms with E-state index in [9.17, 15) is 9.59 Å². The van der Waals surface area contributed by atoms with Crippen molar-refractivity contribution in [3.63, 3.8) is 0 Å². The quantitative estimate of drug-likeness (QED) is 0.558. The highest BCUT2D eigenvalue weighted by atomic mass is 79.9. The van der Waals surface area contributed by atoms with Crippen molar-refractivity contribution >= 4 is 33.7 Å². The van der Waals surface area contributed by atoms with Gasteiger partial charge in [0, 0.05) is 25.3 Å². The van der Waals surface area contributed by atoms with Gasteiger partial charge in [0.15, 0.2) is 6.29 Å². The van der Waals surface area contributed by atoms with E-state index in [2.05, 4.69) is 50.3 Å². The molecule has 2 aromatic heterocycles. The van der Waals surface area contributed by atoms with E-state index in [1.54, 1.807) is 6.20 Å². The van der Waals surface area contributed by atoms with Gasteiger partial charge in [-0.3, -0.25) is 14.0 Å². The van der Waals surface area contributed by atoms with Gasteiger partial charge in [-0.1, -0.05) is 18.2 Å². The molecule has 1 fully saturated rings. The van der Waals surface area contributed by atoms with E-state index in [0.29, 0.717) is 27.6 Å². The van der Waals surface area contributed by atoms with Crippen LogP contribution >= 0.6 is 15.9 Å². The first-order valence-corrected chi connectivity index (χ1v) is 10.6. The number of halogens is 1. The number of aromatic nitrogens is 2. The summed E-state index contributed by atoms with van der Waals surface area (Å²) >= 11 is 3.42. The summed E-state index contributed by atoms with van der Waals surface area (Å²) in [4.78, 5) is 30.0. The van der Waals surface area contributed by atoms with E-state index >= 15 is 0 Å². The van der Waals surface area contributed by atoms with Crippen molar-refractivity contribution in [2.45, 2.75) is 18.4 Å². The number of hydrogen-bond acceptors (Lipinski definition) is 6. The van der Waals surface area contributed by atoms with Gasteiger partial charge in [0.05, 0.1) is 0 Å². The Labute approximate surface area is 182 Å². The normalized spacial score (nSPS) is 19.5. The third kappa shape index (κ3) is 4.39. The molecule has 8 heteroatoms. The zero-order chi connectivity index (χ0) is 21.1. The highest BCUT2D eigenvalue weighted by molar-refractivity contribution is 9.10. The second kappa shape index (κ2) is 8.97. The molecule has 3 aromatic rings. The van der Waals surface area contributed by atoms with Gasteiger partial charge in [-0.2, -0.15) is 0 Å². The Kier molecular flexibility index (Phi) is 6.15. The fourth-order valence-electron chi connectivity index (χ4n) is 3.99. The Hall–Kier alpha value is -2.71. The van der Waals surface area contributed by atoms with E-state index in [0.717, 1.165) is 25.8 Å². The van der Waals surface area contributed by atoms with E-state index in [4.69, 9.17) is 4.74 Å². The van der Waals surface area contributed by atoms with Gasteiger partial charge in [0.1, 0.15) is 28.3 Å². The van der Waals surface area contributed by atoms with Gasteiger partial charge in [-0.25, -0.2) is 4.98 Å². The summed E-state index contributed by atoms with van der Waals surface area (Å²) in [6.45, 7) is 1.87. The number of fused-ring (bicyclic) bond motifs is 1. The van der Waals surface area contributed by atoms with Crippen LogP contribution in [0.3, 0.4) is 0 Å². The number of hydrogen-bond donors (Lipinski definition) is 1. The van der Waals surface area contributed by atoms with Gasteiger partial charge in [-0.05, 0) is 65.1 Å². The third-order valence-electron chi connectivity index (χ3n) is 5.32. The van der Waals surface area contributed by atoms with E-state index in [1.165, 1.54) is 9.96 Å². The summed E-state index contributed by atoms with van der Waals surface area (Å²) in [7, 11) is 2.10. The van der Waals surface area contributed by atoms with Crippen molar-refractivity contribution in [3.8, 4) is 5.75 Å². The summed E-state index contributed by atoms with van der Waals surface area (Å²) in [6, 6.07) is 13.6. The molecular weight excluding hydrogens is 448 g/mol. The number of likely N-dealkylation sites (N-methyl/N-ethyl adjacent to an activating group) is 1. The van der Waals surface area contributed by atoms with Crippen LogP contribution in [0.15, 0.2) is 57.9 Å². The summed E-state index contributed by atoms with van der Waals surface area (Å²) in [5, 5.41) is 3.48. The molecule has 1 N–H and O–H groups in total. The van der Waals surface area contributed by atoms with Crippen LogP contribution in [0.1, 0.15) is 17.9 Å². The van der Waals surface area contributed by atoms with Gasteiger partial charge in [0.25, 0.3) is 5.56 Å². The molecule has 7 nitrogen and oxygen atoms in total. The Morgan fingerprint density at radius 1 is 1.23 bits per heavy atom. The van der Waals surface area contributed by atoms with E-state index in [-0.39, 0.29) is 18.2 Å². The molecule has 2 atom stereocenters. The maximum absolute atomic E-state index is 12.6. The minimum Gasteiger partial charge on any atom is -0.486 e. The van der Waals surface area contributed by atoms with Crippen LogP contribution in [0, 0.1) is 0 Å². The zero-order valence-corrected chi connectivity index (χ0v) is 18.2. The van der Waals surface area contributed by atoms with Crippen LogP contribution < -0.4 is 15.6 Å². The predicted molar refractivity (Wildman–Crippen MR) is 119 cm³/mol. The van der Waals surface area contributed by atoms with Gasteiger partial charge >= 0.3 is 0 Å². The largest absolute Gasteiger partial charge is 0.486 e. The zero-order valence-electron chi connectivity index (χ0n) is 16.6. The maximum Gasteiger partial charge on any atom is 0.274 e. The first kappa shape index (κ1) is 20.6.